The number of hydrogen-bond donors (Lipinski definition) is 2. The molecule has 5 heteroatoms. The van der Waals surface area contributed by atoms with Crippen LogP contribution >= 0.6 is 11.6 Å². The van der Waals surface area contributed by atoms with Crippen LogP contribution < -0.4 is 5.32 Å². The van der Waals surface area contributed by atoms with Crippen LogP contribution in [0.15, 0.2) is 36.4 Å². The zero-order valence-electron chi connectivity index (χ0n) is 11.7. The van der Waals surface area contributed by atoms with Crippen LogP contribution in [0.5, 0.6) is 0 Å². The molecule has 110 valence electrons. The van der Waals surface area contributed by atoms with Crippen molar-refractivity contribution in [1.29, 1.82) is 0 Å². The summed E-state index contributed by atoms with van der Waals surface area (Å²) in [5, 5.41) is 12.4. The van der Waals surface area contributed by atoms with E-state index in [9.17, 15) is 9.18 Å². The van der Waals surface area contributed by atoms with Gasteiger partial charge in [0.05, 0.1) is 16.3 Å². The molecule has 0 bridgehead atoms. The third-order valence-electron chi connectivity index (χ3n) is 3.28. The van der Waals surface area contributed by atoms with Gasteiger partial charge in [-0.1, -0.05) is 23.7 Å². The van der Waals surface area contributed by atoms with E-state index in [-0.39, 0.29) is 17.4 Å². The maximum atomic E-state index is 13.6. The molecule has 0 aliphatic heterocycles. The fraction of sp³-hybridized carbons (Fsp3) is 0.188. The molecule has 0 saturated carbocycles. The number of carbonyl (C=O) groups is 1. The van der Waals surface area contributed by atoms with Crippen molar-refractivity contribution >= 4 is 23.3 Å². The topological polar surface area (TPSA) is 49.3 Å². The number of anilines is 1. The summed E-state index contributed by atoms with van der Waals surface area (Å²) < 4.78 is 13.6. The molecule has 0 amide bonds. The molecule has 0 aliphatic carbocycles. The molecule has 21 heavy (non-hydrogen) atoms. The average Bonchev–Trinajstić information content (AvgIpc) is 2.43. The largest absolute Gasteiger partial charge is 0.478 e. The minimum Gasteiger partial charge on any atom is -0.478 e. The molecule has 1 atom stereocenters. The van der Waals surface area contributed by atoms with Crippen molar-refractivity contribution < 1.29 is 14.3 Å². The van der Waals surface area contributed by atoms with Crippen LogP contribution in [0.4, 0.5) is 10.1 Å². The maximum absolute atomic E-state index is 13.6. The van der Waals surface area contributed by atoms with E-state index in [0.717, 1.165) is 5.56 Å². The molecule has 3 nitrogen and oxygen atoms in total. The van der Waals surface area contributed by atoms with Gasteiger partial charge >= 0.3 is 5.97 Å². The van der Waals surface area contributed by atoms with E-state index in [0.29, 0.717) is 16.3 Å². The molecule has 2 N–H and O–H groups in total. The summed E-state index contributed by atoms with van der Waals surface area (Å²) >= 11 is 6.06. The molecule has 0 radical (unpaired) electrons. The van der Waals surface area contributed by atoms with Gasteiger partial charge < -0.3 is 10.4 Å². The molecule has 0 fully saturated rings. The molecule has 2 aromatic rings. The van der Waals surface area contributed by atoms with Crippen molar-refractivity contribution in [3.8, 4) is 0 Å². The minimum atomic E-state index is -1.03. The maximum Gasteiger partial charge on any atom is 0.335 e. The summed E-state index contributed by atoms with van der Waals surface area (Å²) in [6.45, 7) is 3.59. The molecule has 0 aromatic heterocycles. The second kappa shape index (κ2) is 6.14. The first kappa shape index (κ1) is 15.3. The Bertz CT molecular complexity index is 688. The van der Waals surface area contributed by atoms with Crippen LogP contribution in [0, 0.1) is 12.7 Å². The molecule has 2 aromatic carbocycles. The lowest BCUT2D eigenvalue weighted by Gasteiger charge is -2.17. The van der Waals surface area contributed by atoms with Crippen LogP contribution in [-0.2, 0) is 0 Å². The third-order valence-corrected chi connectivity index (χ3v) is 3.60. The Labute approximate surface area is 127 Å². The van der Waals surface area contributed by atoms with Gasteiger partial charge in [-0.2, -0.15) is 0 Å². The quantitative estimate of drug-likeness (QED) is 0.863. The van der Waals surface area contributed by atoms with E-state index in [2.05, 4.69) is 5.32 Å². The Hall–Kier alpha value is -2.07. The van der Waals surface area contributed by atoms with Gasteiger partial charge in [0, 0.05) is 6.04 Å². The molecule has 0 aliphatic rings. The first-order chi connectivity index (χ1) is 9.88. The predicted molar refractivity (Wildman–Crippen MR) is 81.6 cm³/mol. The Balaban J connectivity index is 2.21. The number of nitrogens with one attached hydrogen (secondary N) is 1. The highest BCUT2D eigenvalue weighted by Gasteiger charge is 2.11. The van der Waals surface area contributed by atoms with E-state index in [1.807, 2.05) is 13.0 Å². The van der Waals surface area contributed by atoms with Crippen LogP contribution in [0.1, 0.15) is 34.5 Å². The van der Waals surface area contributed by atoms with Gasteiger partial charge in [-0.25, -0.2) is 9.18 Å². The Morgan fingerprint density at radius 2 is 2.00 bits per heavy atom. The van der Waals surface area contributed by atoms with Crippen molar-refractivity contribution in [1.82, 2.24) is 0 Å². The number of rotatable bonds is 4. The molecular formula is C16H15ClFNO2. The van der Waals surface area contributed by atoms with Crippen LogP contribution in [0.3, 0.4) is 0 Å². The first-order valence-electron chi connectivity index (χ1n) is 6.44. The predicted octanol–water partition coefficient (Wildman–Crippen LogP) is 4.66. The molecule has 0 heterocycles. The monoisotopic (exact) mass is 307 g/mol. The second-order valence-corrected chi connectivity index (χ2v) is 5.28. The molecule has 2 rings (SSSR count). The van der Waals surface area contributed by atoms with E-state index in [1.54, 1.807) is 19.1 Å². The lowest BCUT2D eigenvalue weighted by molar-refractivity contribution is 0.0697. The van der Waals surface area contributed by atoms with Crippen molar-refractivity contribution in [3.63, 3.8) is 0 Å². The average molecular weight is 308 g/mol. The Morgan fingerprint density at radius 3 is 2.57 bits per heavy atom. The summed E-state index contributed by atoms with van der Waals surface area (Å²) in [5.74, 6) is -1.29. The number of halogens is 2. The lowest BCUT2D eigenvalue weighted by atomic mass is 10.1. The summed E-state index contributed by atoms with van der Waals surface area (Å²) in [4.78, 5) is 10.9. The zero-order valence-corrected chi connectivity index (χ0v) is 12.4. The molecule has 0 spiro atoms. The lowest BCUT2D eigenvalue weighted by Crippen LogP contribution is -2.08. The van der Waals surface area contributed by atoms with Crippen molar-refractivity contribution in [2.75, 3.05) is 5.32 Å². The minimum absolute atomic E-state index is 0.125. The zero-order chi connectivity index (χ0) is 15.6. The van der Waals surface area contributed by atoms with Crippen LogP contribution in [-0.4, -0.2) is 11.1 Å². The van der Waals surface area contributed by atoms with Crippen molar-refractivity contribution in [2.45, 2.75) is 19.9 Å². The van der Waals surface area contributed by atoms with Crippen molar-refractivity contribution in [3.05, 3.63) is 63.9 Å². The summed E-state index contributed by atoms with van der Waals surface area (Å²) in [6, 6.07) is 9.34. The van der Waals surface area contributed by atoms with Crippen molar-refractivity contribution in [2.24, 2.45) is 0 Å². The number of carboxylic acid groups (broad SMARTS) is 1. The highest BCUT2D eigenvalue weighted by molar-refractivity contribution is 6.33. The molecular weight excluding hydrogens is 293 g/mol. The Kier molecular flexibility index (Phi) is 4.48. The van der Waals surface area contributed by atoms with Crippen LogP contribution in [0.25, 0.3) is 0 Å². The fourth-order valence-corrected chi connectivity index (χ4v) is 2.20. The van der Waals surface area contributed by atoms with E-state index < -0.39 is 5.97 Å². The Morgan fingerprint density at radius 1 is 1.29 bits per heavy atom. The summed E-state index contributed by atoms with van der Waals surface area (Å²) in [5.41, 5.74) is 2.11. The van der Waals surface area contributed by atoms with Gasteiger partial charge in [-0.05, 0) is 49.2 Å². The highest BCUT2D eigenvalue weighted by Crippen LogP contribution is 2.27. The third kappa shape index (κ3) is 3.52. The molecule has 1 unspecified atom stereocenters. The molecule has 0 saturated heterocycles. The normalized spacial score (nSPS) is 12.0. The number of carboxylic acids is 1. The van der Waals surface area contributed by atoms with Crippen LogP contribution in [0.2, 0.25) is 5.02 Å². The fourth-order valence-electron chi connectivity index (χ4n) is 1.96. The van der Waals surface area contributed by atoms with Gasteiger partial charge in [0.2, 0.25) is 0 Å². The number of aryl methyl sites for hydroxylation is 1. The van der Waals surface area contributed by atoms with Gasteiger partial charge in [0.15, 0.2) is 0 Å². The van der Waals surface area contributed by atoms with Gasteiger partial charge in [-0.3, -0.25) is 0 Å². The van der Waals surface area contributed by atoms with E-state index >= 15 is 0 Å². The SMILES string of the molecule is Cc1ccc(C(C)Nc2ccc(C(=O)O)cc2Cl)cc1F. The summed E-state index contributed by atoms with van der Waals surface area (Å²) in [6.07, 6.45) is 0. The van der Waals surface area contributed by atoms with E-state index in [4.69, 9.17) is 16.7 Å². The van der Waals surface area contributed by atoms with Gasteiger partial charge in [0.1, 0.15) is 5.82 Å². The second-order valence-electron chi connectivity index (χ2n) is 4.87. The van der Waals surface area contributed by atoms with Gasteiger partial charge in [0.25, 0.3) is 0 Å². The van der Waals surface area contributed by atoms with Gasteiger partial charge in [-0.15, -0.1) is 0 Å². The highest BCUT2D eigenvalue weighted by atomic mass is 35.5. The summed E-state index contributed by atoms with van der Waals surface area (Å²) in [7, 11) is 0. The first-order valence-corrected chi connectivity index (χ1v) is 6.81. The smallest absolute Gasteiger partial charge is 0.335 e. The number of benzene rings is 2. The van der Waals surface area contributed by atoms with E-state index in [1.165, 1.54) is 18.2 Å². The number of hydrogen-bond acceptors (Lipinski definition) is 2. The number of aromatic carboxylic acids is 1. The standard InChI is InChI=1S/C16H15ClFNO2/c1-9-3-4-11(8-14(9)18)10(2)19-15-6-5-12(16(20)21)7-13(15)17/h3-8,10,19H,1-2H3,(H,20,21).